The Morgan fingerprint density at radius 1 is 1.07 bits per heavy atom. The minimum atomic E-state index is 0.277. The van der Waals surface area contributed by atoms with Crippen molar-refractivity contribution in [1.29, 1.82) is 0 Å². The number of aromatic nitrogens is 5. The summed E-state index contributed by atoms with van der Waals surface area (Å²) in [5.41, 5.74) is 3.46. The van der Waals surface area contributed by atoms with Crippen LogP contribution >= 0.6 is 11.3 Å². The van der Waals surface area contributed by atoms with E-state index in [0.717, 1.165) is 21.8 Å². The van der Waals surface area contributed by atoms with Gasteiger partial charge in [0.05, 0.1) is 5.69 Å². The number of oxime groups is 1. The van der Waals surface area contributed by atoms with Crippen LogP contribution < -0.4 is 0 Å². The maximum Gasteiger partial charge on any atom is 0.204 e. The van der Waals surface area contributed by atoms with Gasteiger partial charge >= 0.3 is 0 Å². The van der Waals surface area contributed by atoms with Crippen molar-refractivity contribution in [3.05, 3.63) is 82.4 Å². The van der Waals surface area contributed by atoms with Crippen LogP contribution in [-0.4, -0.2) is 30.9 Å². The summed E-state index contributed by atoms with van der Waals surface area (Å²) >= 11 is 1.54. The van der Waals surface area contributed by atoms with Gasteiger partial charge in [-0.3, -0.25) is 0 Å². The largest absolute Gasteiger partial charge is 0.388 e. The zero-order valence-electron chi connectivity index (χ0n) is 14.6. The molecule has 7 nitrogen and oxygen atoms in total. The van der Waals surface area contributed by atoms with Crippen molar-refractivity contribution in [3.8, 4) is 11.3 Å². The van der Waals surface area contributed by atoms with Crippen molar-refractivity contribution in [2.75, 3.05) is 0 Å². The Hall–Kier alpha value is -3.39. The Balaban J connectivity index is 1.53. The zero-order chi connectivity index (χ0) is 18.5. The van der Waals surface area contributed by atoms with Crippen LogP contribution in [0.5, 0.6) is 0 Å². The highest BCUT2D eigenvalue weighted by Crippen LogP contribution is 2.22. The molecule has 2 aromatic heterocycles. The second kappa shape index (κ2) is 7.88. The van der Waals surface area contributed by atoms with Crippen molar-refractivity contribution < 1.29 is 4.84 Å². The molecule has 0 amide bonds. The third-order valence-electron chi connectivity index (χ3n) is 3.84. The molecule has 27 heavy (non-hydrogen) atoms. The molecule has 4 aromatic rings. The predicted octanol–water partition coefficient (Wildman–Crippen LogP) is 3.30. The smallest absolute Gasteiger partial charge is 0.204 e. The average molecular weight is 376 g/mol. The van der Waals surface area contributed by atoms with Crippen molar-refractivity contribution >= 4 is 17.0 Å². The molecule has 0 aliphatic carbocycles. The van der Waals surface area contributed by atoms with Crippen LogP contribution in [0.4, 0.5) is 0 Å². The van der Waals surface area contributed by atoms with Crippen LogP contribution in [0.3, 0.4) is 0 Å². The highest BCUT2D eigenvalue weighted by atomic mass is 32.1. The summed E-state index contributed by atoms with van der Waals surface area (Å²) in [7, 11) is 1.76. The predicted molar refractivity (Wildman–Crippen MR) is 103 cm³/mol. The molecule has 0 aliphatic rings. The number of hydrogen-bond acceptors (Lipinski definition) is 7. The molecule has 0 spiro atoms. The molecular formula is C19H16N6OS. The fourth-order valence-electron chi connectivity index (χ4n) is 2.52. The third kappa shape index (κ3) is 3.90. The van der Waals surface area contributed by atoms with Gasteiger partial charge < -0.3 is 4.84 Å². The summed E-state index contributed by atoms with van der Waals surface area (Å²) in [6.07, 6.45) is 0. The lowest BCUT2D eigenvalue weighted by Crippen LogP contribution is -2.12. The van der Waals surface area contributed by atoms with Gasteiger partial charge in [-0.25, -0.2) is 9.67 Å². The highest BCUT2D eigenvalue weighted by Gasteiger charge is 2.15. The first-order valence-electron chi connectivity index (χ1n) is 8.29. The molecule has 0 unspecified atom stereocenters. The lowest BCUT2D eigenvalue weighted by atomic mass is 10.1. The van der Waals surface area contributed by atoms with Crippen molar-refractivity contribution in [3.63, 3.8) is 0 Å². The van der Waals surface area contributed by atoms with E-state index in [4.69, 9.17) is 4.84 Å². The van der Waals surface area contributed by atoms with Crippen LogP contribution in [0, 0.1) is 0 Å². The van der Waals surface area contributed by atoms with E-state index in [1.165, 1.54) is 0 Å². The maximum absolute atomic E-state index is 5.59. The van der Waals surface area contributed by atoms with E-state index in [1.807, 2.05) is 66.0 Å². The molecule has 0 saturated heterocycles. The number of hydrogen-bond donors (Lipinski definition) is 0. The van der Waals surface area contributed by atoms with Gasteiger partial charge in [0, 0.05) is 23.6 Å². The van der Waals surface area contributed by atoms with Crippen molar-refractivity contribution in [2.24, 2.45) is 12.2 Å². The van der Waals surface area contributed by atoms with Crippen LogP contribution in [-0.2, 0) is 18.5 Å². The first kappa shape index (κ1) is 17.0. The van der Waals surface area contributed by atoms with Gasteiger partial charge in [-0.05, 0) is 10.4 Å². The van der Waals surface area contributed by atoms with E-state index in [0.29, 0.717) is 11.5 Å². The van der Waals surface area contributed by atoms with Crippen LogP contribution in [0.2, 0.25) is 0 Å². The van der Waals surface area contributed by atoms with E-state index >= 15 is 0 Å². The van der Waals surface area contributed by atoms with Crippen LogP contribution in [0.1, 0.15) is 16.4 Å². The number of tetrazole rings is 1. The molecule has 0 radical (unpaired) electrons. The Labute approximate surface area is 160 Å². The fraction of sp³-hybridized carbons (Fsp3) is 0.105. The molecule has 4 rings (SSSR count). The maximum atomic E-state index is 5.59. The summed E-state index contributed by atoms with van der Waals surface area (Å²) in [4.78, 5) is 10.2. The summed E-state index contributed by atoms with van der Waals surface area (Å²) in [5, 5.41) is 18.8. The molecule has 8 heteroatoms. The van der Waals surface area contributed by atoms with Gasteiger partial charge in [0.15, 0.2) is 12.3 Å². The van der Waals surface area contributed by atoms with E-state index in [-0.39, 0.29) is 6.61 Å². The number of aryl methyl sites for hydroxylation is 1. The molecule has 2 heterocycles. The SMILES string of the molecule is Cn1nnnc1/C(=N\OCc1nc(-c2ccccc2)cs1)c1ccccc1. The molecule has 0 fully saturated rings. The topological polar surface area (TPSA) is 78.1 Å². The van der Waals surface area contributed by atoms with Crippen LogP contribution in [0.25, 0.3) is 11.3 Å². The molecule has 0 N–H and O–H groups in total. The van der Waals surface area contributed by atoms with Gasteiger partial charge in [-0.2, -0.15) is 0 Å². The number of rotatable bonds is 6. The number of thiazole rings is 1. The quantitative estimate of drug-likeness (QED) is 0.381. The van der Waals surface area contributed by atoms with Crippen molar-refractivity contribution in [1.82, 2.24) is 25.2 Å². The van der Waals surface area contributed by atoms with E-state index in [2.05, 4.69) is 25.7 Å². The molecule has 0 bridgehead atoms. The van der Waals surface area contributed by atoms with E-state index < -0.39 is 0 Å². The summed E-state index contributed by atoms with van der Waals surface area (Å²) in [6, 6.07) is 19.7. The third-order valence-corrected chi connectivity index (χ3v) is 4.67. The molecular weight excluding hydrogens is 360 g/mol. The first-order valence-corrected chi connectivity index (χ1v) is 9.17. The minimum absolute atomic E-state index is 0.277. The lowest BCUT2D eigenvalue weighted by molar-refractivity contribution is 0.130. The Bertz CT molecular complexity index is 1040. The molecule has 0 aliphatic heterocycles. The Kier molecular flexibility index (Phi) is 4.97. The van der Waals surface area contributed by atoms with Gasteiger partial charge in [0.1, 0.15) is 5.01 Å². The molecule has 0 atom stereocenters. The van der Waals surface area contributed by atoms with Gasteiger partial charge in [0.25, 0.3) is 0 Å². The first-order chi connectivity index (χ1) is 13.3. The number of benzene rings is 2. The fourth-order valence-corrected chi connectivity index (χ4v) is 3.23. The van der Waals surface area contributed by atoms with Gasteiger partial charge in [0.2, 0.25) is 5.82 Å². The van der Waals surface area contributed by atoms with Gasteiger partial charge in [-0.15, -0.1) is 16.4 Å². The normalized spacial score (nSPS) is 11.5. The van der Waals surface area contributed by atoms with Gasteiger partial charge in [-0.1, -0.05) is 65.8 Å². The van der Waals surface area contributed by atoms with Crippen molar-refractivity contribution in [2.45, 2.75) is 6.61 Å². The second-order valence-corrected chi connectivity index (χ2v) is 6.64. The zero-order valence-corrected chi connectivity index (χ0v) is 15.4. The highest BCUT2D eigenvalue weighted by molar-refractivity contribution is 7.09. The summed E-state index contributed by atoms with van der Waals surface area (Å²) in [5.74, 6) is 0.533. The molecule has 134 valence electrons. The van der Waals surface area contributed by atoms with E-state index in [1.54, 1.807) is 23.1 Å². The molecule has 0 saturated carbocycles. The lowest BCUT2D eigenvalue weighted by Gasteiger charge is -2.05. The van der Waals surface area contributed by atoms with Crippen LogP contribution in [0.15, 0.2) is 71.2 Å². The Morgan fingerprint density at radius 3 is 2.52 bits per heavy atom. The summed E-state index contributed by atoms with van der Waals surface area (Å²) < 4.78 is 1.56. The standard InChI is InChI=1S/C19H16N6OS/c1-25-19(21-23-24-25)18(15-10-6-3-7-11-15)22-26-12-17-20-16(13-27-17)14-8-4-2-5-9-14/h2-11,13H,12H2,1H3/b22-18-. The molecule has 2 aromatic carbocycles. The minimum Gasteiger partial charge on any atom is -0.388 e. The average Bonchev–Trinajstić information content (AvgIpc) is 3.36. The second-order valence-electron chi connectivity index (χ2n) is 5.70. The Morgan fingerprint density at radius 2 is 1.81 bits per heavy atom. The van der Waals surface area contributed by atoms with E-state index in [9.17, 15) is 0 Å². The number of nitrogens with zero attached hydrogens (tertiary/aromatic N) is 6. The summed E-state index contributed by atoms with van der Waals surface area (Å²) in [6.45, 7) is 0.277. The monoisotopic (exact) mass is 376 g/mol.